The molecule has 0 aromatic heterocycles. The van der Waals surface area contributed by atoms with Gasteiger partial charge in [-0.05, 0) is 11.6 Å². The lowest BCUT2D eigenvalue weighted by atomic mass is 9.76. The first-order valence-electron chi connectivity index (χ1n) is 6.36. The second-order valence-electron chi connectivity index (χ2n) is 4.74. The molecule has 2 unspecified atom stereocenters. The van der Waals surface area contributed by atoms with Gasteiger partial charge in [0.1, 0.15) is 5.60 Å². The standard InChI is InChI=1S/C17H19NO/c1-3-13(2)17(19,14-9-5-4-6-10-14)15-11-7-8-12-16(15)18/h3-13,19H,1,18H2,2H3. The van der Waals surface area contributed by atoms with E-state index in [1.807, 2.05) is 55.5 Å². The molecule has 0 spiro atoms. The van der Waals surface area contributed by atoms with Crippen molar-refractivity contribution in [2.75, 3.05) is 5.73 Å². The zero-order valence-electron chi connectivity index (χ0n) is 11.1. The van der Waals surface area contributed by atoms with Gasteiger partial charge < -0.3 is 10.8 Å². The Morgan fingerprint density at radius 3 is 2.26 bits per heavy atom. The van der Waals surface area contributed by atoms with E-state index >= 15 is 0 Å². The molecule has 2 aromatic carbocycles. The van der Waals surface area contributed by atoms with Crippen LogP contribution in [0.1, 0.15) is 18.1 Å². The molecule has 2 heteroatoms. The zero-order chi connectivity index (χ0) is 13.9. The molecule has 0 saturated heterocycles. The van der Waals surface area contributed by atoms with Gasteiger partial charge in [0.05, 0.1) is 0 Å². The summed E-state index contributed by atoms with van der Waals surface area (Å²) in [5.41, 5.74) is 7.01. The van der Waals surface area contributed by atoms with E-state index in [1.165, 1.54) is 0 Å². The van der Waals surface area contributed by atoms with Gasteiger partial charge in [0.25, 0.3) is 0 Å². The summed E-state index contributed by atoms with van der Waals surface area (Å²) in [4.78, 5) is 0. The van der Waals surface area contributed by atoms with Crippen molar-refractivity contribution in [3.63, 3.8) is 0 Å². The molecule has 0 saturated carbocycles. The van der Waals surface area contributed by atoms with E-state index in [2.05, 4.69) is 6.58 Å². The maximum atomic E-state index is 11.3. The predicted molar refractivity (Wildman–Crippen MR) is 79.7 cm³/mol. The first-order chi connectivity index (χ1) is 9.10. The van der Waals surface area contributed by atoms with Gasteiger partial charge >= 0.3 is 0 Å². The van der Waals surface area contributed by atoms with E-state index in [4.69, 9.17) is 5.73 Å². The molecule has 0 aliphatic heterocycles. The van der Waals surface area contributed by atoms with Gasteiger partial charge in [-0.1, -0.05) is 61.5 Å². The summed E-state index contributed by atoms with van der Waals surface area (Å²) in [5, 5.41) is 11.3. The highest BCUT2D eigenvalue weighted by Gasteiger charge is 2.37. The molecule has 2 atom stereocenters. The lowest BCUT2D eigenvalue weighted by Gasteiger charge is -2.34. The maximum Gasteiger partial charge on any atom is 0.123 e. The number of benzene rings is 2. The van der Waals surface area contributed by atoms with E-state index in [0.29, 0.717) is 11.3 Å². The molecular formula is C17H19NO. The van der Waals surface area contributed by atoms with Gasteiger partial charge in [-0.3, -0.25) is 0 Å². The van der Waals surface area contributed by atoms with Crippen LogP contribution in [0, 0.1) is 5.92 Å². The van der Waals surface area contributed by atoms with Crippen LogP contribution in [0.3, 0.4) is 0 Å². The fourth-order valence-corrected chi connectivity index (χ4v) is 2.37. The summed E-state index contributed by atoms with van der Waals surface area (Å²) >= 11 is 0. The Balaban J connectivity index is 2.66. The van der Waals surface area contributed by atoms with Crippen molar-refractivity contribution in [2.24, 2.45) is 5.92 Å². The van der Waals surface area contributed by atoms with Crippen molar-refractivity contribution in [3.05, 3.63) is 78.4 Å². The van der Waals surface area contributed by atoms with Crippen molar-refractivity contribution < 1.29 is 5.11 Å². The lowest BCUT2D eigenvalue weighted by molar-refractivity contribution is 0.0443. The third-order valence-electron chi connectivity index (χ3n) is 3.60. The van der Waals surface area contributed by atoms with E-state index in [-0.39, 0.29) is 5.92 Å². The number of rotatable bonds is 4. The number of nitrogen functional groups attached to an aromatic ring is 1. The van der Waals surface area contributed by atoms with E-state index in [1.54, 1.807) is 12.1 Å². The molecule has 0 amide bonds. The van der Waals surface area contributed by atoms with Crippen molar-refractivity contribution in [3.8, 4) is 0 Å². The number of hydrogen-bond donors (Lipinski definition) is 2. The maximum absolute atomic E-state index is 11.3. The quantitative estimate of drug-likeness (QED) is 0.648. The van der Waals surface area contributed by atoms with E-state index < -0.39 is 5.60 Å². The van der Waals surface area contributed by atoms with E-state index in [9.17, 15) is 5.11 Å². The summed E-state index contributed by atoms with van der Waals surface area (Å²) in [6.45, 7) is 5.74. The Kier molecular flexibility index (Phi) is 3.72. The Labute approximate surface area is 114 Å². The number of aliphatic hydroxyl groups is 1. The Bertz CT molecular complexity index is 564. The number of nitrogens with two attached hydrogens (primary N) is 1. The SMILES string of the molecule is C=CC(C)C(O)(c1ccccc1)c1ccccc1N. The monoisotopic (exact) mass is 253 g/mol. The lowest BCUT2D eigenvalue weighted by Crippen LogP contribution is -2.34. The molecule has 19 heavy (non-hydrogen) atoms. The van der Waals surface area contributed by atoms with Gasteiger partial charge in [0.15, 0.2) is 0 Å². The predicted octanol–water partition coefficient (Wildman–Crippen LogP) is 3.33. The number of para-hydroxylation sites is 1. The van der Waals surface area contributed by atoms with Gasteiger partial charge in [-0.15, -0.1) is 6.58 Å². The normalized spacial score (nSPS) is 15.5. The molecule has 3 N–H and O–H groups in total. The summed E-state index contributed by atoms with van der Waals surface area (Å²) in [6, 6.07) is 17.0. The van der Waals surface area contributed by atoms with E-state index in [0.717, 1.165) is 5.56 Å². The largest absolute Gasteiger partial charge is 0.398 e. The van der Waals surface area contributed by atoms with Crippen LogP contribution in [0.4, 0.5) is 5.69 Å². The third-order valence-corrected chi connectivity index (χ3v) is 3.60. The summed E-state index contributed by atoms with van der Waals surface area (Å²) < 4.78 is 0. The van der Waals surface area contributed by atoms with Crippen LogP contribution < -0.4 is 5.73 Å². The molecule has 0 aliphatic rings. The fourth-order valence-electron chi connectivity index (χ4n) is 2.37. The van der Waals surface area contributed by atoms with Crippen molar-refractivity contribution in [1.82, 2.24) is 0 Å². The second-order valence-corrected chi connectivity index (χ2v) is 4.74. The molecular weight excluding hydrogens is 234 g/mol. The molecule has 0 bridgehead atoms. The number of hydrogen-bond acceptors (Lipinski definition) is 2. The van der Waals surface area contributed by atoms with Crippen LogP contribution in [0.5, 0.6) is 0 Å². The molecule has 0 radical (unpaired) electrons. The molecule has 0 heterocycles. The van der Waals surface area contributed by atoms with Crippen molar-refractivity contribution >= 4 is 5.69 Å². The van der Waals surface area contributed by atoms with Gasteiger partial charge in [-0.25, -0.2) is 0 Å². The average molecular weight is 253 g/mol. The first kappa shape index (κ1) is 13.4. The summed E-state index contributed by atoms with van der Waals surface area (Å²) in [7, 11) is 0. The van der Waals surface area contributed by atoms with Crippen molar-refractivity contribution in [2.45, 2.75) is 12.5 Å². The highest BCUT2D eigenvalue weighted by atomic mass is 16.3. The minimum Gasteiger partial charge on any atom is -0.398 e. The molecule has 2 rings (SSSR count). The first-order valence-corrected chi connectivity index (χ1v) is 6.36. The van der Waals surface area contributed by atoms with Gasteiger partial charge in [0, 0.05) is 17.2 Å². The molecule has 0 fully saturated rings. The summed E-state index contributed by atoms with van der Waals surface area (Å²) in [5.74, 6) is -0.153. The topological polar surface area (TPSA) is 46.2 Å². The van der Waals surface area contributed by atoms with Crippen LogP contribution in [0.15, 0.2) is 67.3 Å². The van der Waals surface area contributed by atoms with Crippen LogP contribution >= 0.6 is 0 Å². The highest BCUT2D eigenvalue weighted by molar-refractivity contribution is 5.54. The minimum absolute atomic E-state index is 0.153. The Hall–Kier alpha value is -2.06. The zero-order valence-corrected chi connectivity index (χ0v) is 11.1. The third kappa shape index (κ3) is 2.27. The van der Waals surface area contributed by atoms with Crippen molar-refractivity contribution in [1.29, 1.82) is 0 Å². The molecule has 0 aliphatic carbocycles. The highest BCUT2D eigenvalue weighted by Crippen LogP contribution is 2.39. The van der Waals surface area contributed by atoms with Crippen LogP contribution in [0.25, 0.3) is 0 Å². The number of anilines is 1. The molecule has 2 aromatic rings. The molecule has 98 valence electrons. The average Bonchev–Trinajstić information content (AvgIpc) is 2.47. The van der Waals surface area contributed by atoms with Crippen LogP contribution in [-0.2, 0) is 5.60 Å². The Morgan fingerprint density at radius 1 is 1.11 bits per heavy atom. The Morgan fingerprint density at radius 2 is 1.68 bits per heavy atom. The van der Waals surface area contributed by atoms with Gasteiger partial charge in [-0.2, -0.15) is 0 Å². The fraction of sp³-hybridized carbons (Fsp3) is 0.176. The smallest absolute Gasteiger partial charge is 0.123 e. The minimum atomic E-state index is -1.16. The molecule has 2 nitrogen and oxygen atoms in total. The summed E-state index contributed by atoms with van der Waals surface area (Å²) in [6.07, 6.45) is 1.75. The van der Waals surface area contributed by atoms with Crippen LogP contribution in [-0.4, -0.2) is 5.11 Å². The van der Waals surface area contributed by atoms with Crippen LogP contribution in [0.2, 0.25) is 0 Å². The van der Waals surface area contributed by atoms with Gasteiger partial charge in [0.2, 0.25) is 0 Å². The second kappa shape index (κ2) is 5.29.